The maximum absolute atomic E-state index is 5.87. The van der Waals surface area contributed by atoms with E-state index < -0.39 is 0 Å². The normalized spacial score (nSPS) is 10.8. The minimum atomic E-state index is 0.369. The third-order valence-electron chi connectivity index (χ3n) is 4.15. The number of para-hydroxylation sites is 1. The average Bonchev–Trinajstić information content (AvgIpc) is 3.13. The quantitative estimate of drug-likeness (QED) is 0.447. The smallest absolute Gasteiger partial charge is 0.184 e. The predicted molar refractivity (Wildman–Crippen MR) is 114 cm³/mol. The molecule has 142 valence electrons. The Morgan fingerprint density at radius 3 is 2.79 bits per heavy atom. The largest absolute Gasteiger partial charge is 0.496 e. The van der Waals surface area contributed by atoms with Gasteiger partial charge in [0.2, 0.25) is 0 Å². The van der Waals surface area contributed by atoms with Gasteiger partial charge in [0.15, 0.2) is 5.13 Å². The molecule has 0 saturated heterocycles. The van der Waals surface area contributed by atoms with Crippen LogP contribution in [-0.4, -0.2) is 22.1 Å². The number of ether oxygens (including phenoxy) is 1. The Bertz CT molecular complexity index is 1100. The summed E-state index contributed by atoms with van der Waals surface area (Å²) in [6.45, 7) is 1.29. The SMILES string of the molecule is COc1ccccc1CNc1nc2ccc(CNc3cncc(Cl)n3)cc2s1. The van der Waals surface area contributed by atoms with E-state index in [9.17, 15) is 0 Å². The van der Waals surface area contributed by atoms with E-state index >= 15 is 0 Å². The second kappa shape index (κ2) is 8.41. The van der Waals surface area contributed by atoms with Crippen LogP contribution in [0.4, 0.5) is 10.9 Å². The molecule has 6 nitrogen and oxygen atoms in total. The molecule has 0 amide bonds. The molecular formula is C20H18ClN5OS. The van der Waals surface area contributed by atoms with E-state index in [4.69, 9.17) is 16.3 Å². The molecule has 0 aliphatic rings. The highest BCUT2D eigenvalue weighted by molar-refractivity contribution is 7.22. The summed E-state index contributed by atoms with van der Waals surface area (Å²) in [5.74, 6) is 1.52. The van der Waals surface area contributed by atoms with E-state index in [1.807, 2.05) is 30.3 Å². The zero-order valence-corrected chi connectivity index (χ0v) is 16.7. The van der Waals surface area contributed by atoms with Crippen molar-refractivity contribution < 1.29 is 4.74 Å². The Kier molecular flexibility index (Phi) is 5.55. The number of methoxy groups -OCH3 is 1. The molecule has 4 rings (SSSR count). The molecule has 0 unspecified atom stereocenters. The molecule has 0 spiro atoms. The van der Waals surface area contributed by atoms with Crippen molar-refractivity contribution in [2.45, 2.75) is 13.1 Å². The molecule has 0 saturated carbocycles. The minimum absolute atomic E-state index is 0.369. The van der Waals surface area contributed by atoms with Gasteiger partial charge in [0.1, 0.15) is 16.7 Å². The highest BCUT2D eigenvalue weighted by Crippen LogP contribution is 2.28. The summed E-state index contributed by atoms with van der Waals surface area (Å²) >= 11 is 7.49. The van der Waals surface area contributed by atoms with Crippen LogP contribution in [0, 0.1) is 0 Å². The Labute approximate surface area is 171 Å². The van der Waals surface area contributed by atoms with Gasteiger partial charge in [-0.1, -0.05) is 47.2 Å². The van der Waals surface area contributed by atoms with Crippen LogP contribution >= 0.6 is 22.9 Å². The van der Waals surface area contributed by atoms with Crippen molar-refractivity contribution in [2.75, 3.05) is 17.7 Å². The van der Waals surface area contributed by atoms with Gasteiger partial charge in [-0.05, 0) is 23.8 Å². The lowest BCUT2D eigenvalue weighted by molar-refractivity contribution is 0.410. The molecule has 0 aliphatic heterocycles. The van der Waals surface area contributed by atoms with E-state index in [1.54, 1.807) is 24.6 Å². The second-order valence-corrected chi connectivity index (χ2v) is 7.48. The van der Waals surface area contributed by atoms with Gasteiger partial charge in [0.05, 0.1) is 29.7 Å². The first-order valence-corrected chi connectivity index (χ1v) is 9.87. The number of nitrogens with one attached hydrogen (secondary N) is 2. The lowest BCUT2D eigenvalue weighted by Gasteiger charge is -2.08. The van der Waals surface area contributed by atoms with E-state index in [1.165, 1.54) is 6.20 Å². The van der Waals surface area contributed by atoms with E-state index in [0.29, 0.717) is 24.1 Å². The van der Waals surface area contributed by atoms with Crippen LogP contribution in [-0.2, 0) is 13.1 Å². The first-order valence-electron chi connectivity index (χ1n) is 8.68. The molecule has 8 heteroatoms. The monoisotopic (exact) mass is 411 g/mol. The van der Waals surface area contributed by atoms with Crippen molar-refractivity contribution in [2.24, 2.45) is 0 Å². The fourth-order valence-electron chi connectivity index (χ4n) is 2.79. The molecule has 2 aromatic carbocycles. The first-order chi connectivity index (χ1) is 13.7. The third-order valence-corrected chi connectivity index (χ3v) is 5.31. The zero-order chi connectivity index (χ0) is 19.3. The number of fused-ring (bicyclic) bond motifs is 1. The highest BCUT2D eigenvalue weighted by atomic mass is 35.5. The van der Waals surface area contributed by atoms with Gasteiger partial charge < -0.3 is 15.4 Å². The Morgan fingerprint density at radius 2 is 1.93 bits per heavy atom. The predicted octanol–water partition coefficient (Wildman–Crippen LogP) is 4.97. The number of halogens is 1. The molecule has 0 radical (unpaired) electrons. The number of aromatic nitrogens is 3. The topological polar surface area (TPSA) is 72.0 Å². The maximum atomic E-state index is 5.87. The van der Waals surface area contributed by atoms with Gasteiger partial charge in [0.25, 0.3) is 0 Å². The standard InChI is InChI=1S/C20H18ClN5OS/c1-27-16-5-3-2-4-14(16)10-24-20-25-15-7-6-13(8-17(15)28-20)9-23-19-12-22-11-18(21)26-19/h2-8,11-12H,9-10H2,1H3,(H,23,26)(H,24,25). The number of hydrogen-bond donors (Lipinski definition) is 2. The lowest BCUT2D eigenvalue weighted by Crippen LogP contribution is -2.01. The van der Waals surface area contributed by atoms with Gasteiger partial charge >= 0.3 is 0 Å². The number of rotatable bonds is 7. The fourth-order valence-corrected chi connectivity index (χ4v) is 3.87. The second-order valence-electron chi connectivity index (χ2n) is 6.07. The summed E-state index contributed by atoms with van der Waals surface area (Å²) in [5, 5.41) is 7.87. The van der Waals surface area contributed by atoms with Gasteiger partial charge in [-0.2, -0.15) is 0 Å². The molecule has 0 bridgehead atoms. The zero-order valence-electron chi connectivity index (χ0n) is 15.1. The molecule has 0 atom stereocenters. The highest BCUT2D eigenvalue weighted by Gasteiger charge is 2.07. The summed E-state index contributed by atoms with van der Waals surface area (Å²) in [5.41, 5.74) is 3.20. The average molecular weight is 412 g/mol. The first kappa shape index (κ1) is 18.5. The Morgan fingerprint density at radius 1 is 1.04 bits per heavy atom. The number of benzene rings is 2. The van der Waals surface area contributed by atoms with Crippen LogP contribution in [0.2, 0.25) is 5.15 Å². The van der Waals surface area contributed by atoms with Crippen molar-refractivity contribution >= 4 is 44.1 Å². The molecular weight excluding hydrogens is 394 g/mol. The van der Waals surface area contributed by atoms with E-state index in [0.717, 1.165) is 32.2 Å². The van der Waals surface area contributed by atoms with Gasteiger partial charge in [-0.25, -0.2) is 9.97 Å². The summed E-state index contributed by atoms with van der Waals surface area (Å²) in [4.78, 5) is 12.9. The van der Waals surface area contributed by atoms with Crippen LogP contribution in [0.5, 0.6) is 5.75 Å². The fraction of sp³-hybridized carbons (Fsp3) is 0.150. The van der Waals surface area contributed by atoms with Crippen molar-refractivity contribution in [1.82, 2.24) is 15.0 Å². The van der Waals surface area contributed by atoms with E-state index in [-0.39, 0.29) is 0 Å². The molecule has 0 fully saturated rings. The third kappa shape index (κ3) is 4.32. The van der Waals surface area contributed by atoms with Crippen LogP contribution in [0.25, 0.3) is 10.2 Å². The molecule has 2 N–H and O–H groups in total. The molecule has 4 aromatic rings. The van der Waals surface area contributed by atoms with Crippen molar-refractivity contribution in [3.63, 3.8) is 0 Å². The minimum Gasteiger partial charge on any atom is -0.496 e. The van der Waals surface area contributed by atoms with Crippen molar-refractivity contribution in [3.05, 3.63) is 71.1 Å². The summed E-state index contributed by atoms with van der Waals surface area (Å²) < 4.78 is 6.52. The van der Waals surface area contributed by atoms with Crippen LogP contribution in [0.1, 0.15) is 11.1 Å². The van der Waals surface area contributed by atoms with Crippen molar-refractivity contribution in [1.29, 1.82) is 0 Å². The molecule has 2 heterocycles. The van der Waals surface area contributed by atoms with Crippen LogP contribution in [0.15, 0.2) is 54.9 Å². The summed E-state index contributed by atoms with van der Waals surface area (Å²) in [6, 6.07) is 14.2. The number of nitrogens with zero attached hydrogens (tertiary/aromatic N) is 3. The number of thiazole rings is 1. The molecule has 2 aromatic heterocycles. The number of hydrogen-bond acceptors (Lipinski definition) is 7. The van der Waals surface area contributed by atoms with Crippen LogP contribution < -0.4 is 15.4 Å². The summed E-state index contributed by atoms with van der Waals surface area (Å²) in [6.07, 6.45) is 3.16. The van der Waals surface area contributed by atoms with Crippen LogP contribution in [0.3, 0.4) is 0 Å². The Balaban J connectivity index is 1.44. The molecule has 28 heavy (non-hydrogen) atoms. The van der Waals surface area contributed by atoms with Crippen molar-refractivity contribution in [3.8, 4) is 5.75 Å². The van der Waals surface area contributed by atoms with Gasteiger partial charge in [-0.15, -0.1) is 0 Å². The Hall–Kier alpha value is -2.90. The van der Waals surface area contributed by atoms with E-state index in [2.05, 4.69) is 37.7 Å². The van der Waals surface area contributed by atoms with Gasteiger partial charge in [-0.3, -0.25) is 4.98 Å². The number of anilines is 2. The molecule has 0 aliphatic carbocycles. The lowest BCUT2D eigenvalue weighted by atomic mass is 10.2. The van der Waals surface area contributed by atoms with Gasteiger partial charge in [0, 0.05) is 18.7 Å². The maximum Gasteiger partial charge on any atom is 0.184 e. The summed E-state index contributed by atoms with van der Waals surface area (Å²) in [7, 11) is 1.68.